The van der Waals surface area contributed by atoms with Gasteiger partial charge in [0, 0.05) is 54.0 Å². The summed E-state index contributed by atoms with van der Waals surface area (Å²) >= 11 is 0. The van der Waals surface area contributed by atoms with Gasteiger partial charge in [-0.25, -0.2) is 0 Å². The molecule has 0 amide bonds. The van der Waals surface area contributed by atoms with Gasteiger partial charge in [0.15, 0.2) is 0 Å². The van der Waals surface area contributed by atoms with Crippen LogP contribution in [0.25, 0.3) is 0 Å². The minimum Gasteiger partial charge on any atom is -0.325 e. The molecule has 3 aliphatic rings. The molecule has 1 aliphatic carbocycles. The lowest BCUT2D eigenvalue weighted by Gasteiger charge is -2.48. The lowest BCUT2D eigenvalue weighted by molar-refractivity contribution is 0.0633. The van der Waals surface area contributed by atoms with Gasteiger partial charge in [0.25, 0.3) is 0 Å². The predicted molar refractivity (Wildman–Crippen MR) is 107 cm³/mol. The fourth-order valence-corrected chi connectivity index (χ4v) is 6.44. The number of nitrogens with two attached hydrogens (primary N) is 1. The summed E-state index contributed by atoms with van der Waals surface area (Å²) in [5.41, 5.74) is 6.61. The molecule has 3 unspecified atom stereocenters. The van der Waals surface area contributed by atoms with Crippen LogP contribution in [0.4, 0.5) is 0 Å². The molecule has 5 heteroatoms. The first-order valence-corrected chi connectivity index (χ1v) is 12.3. The molecule has 4 nitrogen and oxygen atoms in total. The second-order valence-corrected chi connectivity index (χ2v) is 10.2. The molecule has 2 saturated heterocycles. The summed E-state index contributed by atoms with van der Waals surface area (Å²) < 4.78 is 11.8. The molecule has 2 aliphatic heterocycles. The van der Waals surface area contributed by atoms with Gasteiger partial charge in [-0.1, -0.05) is 64.2 Å². The summed E-state index contributed by atoms with van der Waals surface area (Å²) in [7, 11) is -0.602. The molecule has 0 spiro atoms. The summed E-state index contributed by atoms with van der Waals surface area (Å²) in [6.45, 7) is 4.03. The smallest absolute Gasteiger partial charge is 0.0363 e. The van der Waals surface area contributed by atoms with Crippen LogP contribution in [0.2, 0.25) is 0 Å². The van der Waals surface area contributed by atoms with Gasteiger partial charge in [-0.15, -0.1) is 0 Å². The first-order valence-electron chi connectivity index (χ1n) is 10.8. The first kappa shape index (κ1) is 19.8. The molecule has 0 bridgehead atoms. The van der Waals surface area contributed by atoms with Crippen LogP contribution in [-0.2, 0) is 10.8 Å². The van der Waals surface area contributed by atoms with Crippen molar-refractivity contribution in [3.63, 3.8) is 0 Å². The standard InChI is InChI=1S/C20H39N3OS/c21-19-16-22-15-18(20(19)23-11-13-25(24)14-12-23)17-9-7-5-3-1-2-4-6-8-10-17/h17-20,22H,1-16,21H2. The monoisotopic (exact) mass is 369 g/mol. The highest BCUT2D eigenvalue weighted by molar-refractivity contribution is 7.85. The van der Waals surface area contributed by atoms with Crippen molar-refractivity contribution in [3.05, 3.63) is 0 Å². The van der Waals surface area contributed by atoms with E-state index in [1.165, 1.54) is 64.2 Å². The molecule has 3 fully saturated rings. The van der Waals surface area contributed by atoms with Crippen LogP contribution in [0, 0.1) is 11.8 Å². The number of hydrogen-bond donors (Lipinski definition) is 2. The van der Waals surface area contributed by atoms with Crippen molar-refractivity contribution in [2.45, 2.75) is 76.3 Å². The van der Waals surface area contributed by atoms with Gasteiger partial charge in [0.2, 0.25) is 0 Å². The van der Waals surface area contributed by atoms with Gasteiger partial charge < -0.3 is 11.1 Å². The Kier molecular flexibility index (Phi) is 8.22. The molecule has 2 heterocycles. The Morgan fingerprint density at radius 1 is 0.840 bits per heavy atom. The van der Waals surface area contributed by atoms with Crippen LogP contribution < -0.4 is 11.1 Å². The molecule has 0 radical (unpaired) electrons. The highest BCUT2D eigenvalue weighted by Crippen LogP contribution is 2.33. The Morgan fingerprint density at radius 3 is 2.00 bits per heavy atom. The van der Waals surface area contributed by atoms with Gasteiger partial charge in [0.1, 0.15) is 0 Å². The molecule has 3 N–H and O–H groups in total. The number of rotatable bonds is 2. The van der Waals surface area contributed by atoms with Gasteiger partial charge in [0.05, 0.1) is 0 Å². The molecule has 3 atom stereocenters. The fraction of sp³-hybridized carbons (Fsp3) is 1.00. The fourth-order valence-electron chi connectivity index (χ4n) is 5.36. The molecule has 3 rings (SSSR count). The third-order valence-corrected chi connectivity index (χ3v) is 8.05. The summed E-state index contributed by atoms with van der Waals surface area (Å²) in [6, 6.07) is 0.720. The van der Waals surface area contributed by atoms with Crippen molar-refractivity contribution < 1.29 is 4.21 Å². The van der Waals surface area contributed by atoms with Crippen molar-refractivity contribution in [3.8, 4) is 0 Å². The average molecular weight is 370 g/mol. The van der Waals surface area contributed by atoms with E-state index in [0.29, 0.717) is 12.0 Å². The van der Waals surface area contributed by atoms with Gasteiger partial charge in [-0.2, -0.15) is 0 Å². The molecule has 0 aromatic carbocycles. The lowest BCUT2D eigenvalue weighted by atomic mass is 9.75. The number of hydrogen-bond acceptors (Lipinski definition) is 4. The first-order chi connectivity index (χ1) is 12.3. The molecule has 25 heavy (non-hydrogen) atoms. The molecule has 146 valence electrons. The zero-order valence-electron chi connectivity index (χ0n) is 16.0. The zero-order chi connectivity index (χ0) is 17.5. The lowest BCUT2D eigenvalue weighted by Crippen LogP contribution is -2.64. The minimum absolute atomic E-state index is 0.225. The van der Waals surface area contributed by atoms with Crippen LogP contribution in [0.15, 0.2) is 0 Å². The van der Waals surface area contributed by atoms with E-state index in [-0.39, 0.29) is 6.04 Å². The van der Waals surface area contributed by atoms with Gasteiger partial charge in [-0.05, 0) is 18.4 Å². The normalized spacial score (nSPS) is 36.0. The number of nitrogens with zero attached hydrogens (tertiary/aromatic N) is 1. The van der Waals surface area contributed by atoms with E-state index in [4.69, 9.17) is 5.73 Å². The van der Waals surface area contributed by atoms with E-state index in [2.05, 4.69) is 10.2 Å². The van der Waals surface area contributed by atoms with E-state index >= 15 is 0 Å². The third-order valence-electron chi connectivity index (χ3n) is 6.78. The van der Waals surface area contributed by atoms with Crippen LogP contribution >= 0.6 is 0 Å². The van der Waals surface area contributed by atoms with E-state index < -0.39 is 10.8 Å². The maximum atomic E-state index is 11.8. The maximum absolute atomic E-state index is 11.8. The average Bonchev–Trinajstić information content (AvgIpc) is 2.68. The van der Waals surface area contributed by atoms with Crippen molar-refractivity contribution in [1.29, 1.82) is 0 Å². The summed E-state index contributed by atoms with van der Waals surface area (Å²) in [5, 5.41) is 3.62. The topological polar surface area (TPSA) is 58.4 Å². The SMILES string of the molecule is NC1CNCC(C2CCCCCCCCCC2)C1N1CCS(=O)CC1. The summed E-state index contributed by atoms with van der Waals surface area (Å²) in [5.74, 6) is 3.17. The maximum Gasteiger partial charge on any atom is 0.0363 e. The Hall–Kier alpha value is 0.0300. The van der Waals surface area contributed by atoms with Crippen molar-refractivity contribution in [1.82, 2.24) is 10.2 Å². The predicted octanol–water partition coefficient (Wildman–Crippen LogP) is 2.50. The zero-order valence-corrected chi connectivity index (χ0v) is 16.8. The van der Waals surface area contributed by atoms with E-state index in [1.807, 2.05) is 0 Å². The molecule has 0 aromatic heterocycles. The van der Waals surface area contributed by atoms with Crippen molar-refractivity contribution >= 4 is 10.8 Å². The summed E-state index contributed by atoms with van der Waals surface area (Å²) in [6.07, 6.45) is 14.1. The minimum atomic E-state index is -0.602. The second kappa shape index (κ2) is 10.4. The molecular formula is C20H39N3OS. The second-order valence-electron chi connectivity index (χ2n) is 8.53. The molecule has 1 saturated carbocycles. The van der Waals surface area contributed by atoms with Crippen LogP contribution in [-0.4, -0.2) is 58.9 Å². The molecule has 0 aromatic rings. The Labute approximate surface area is 157 Å². The van der Waals surface area contributed by atoms with Crippen molar-refractivity contribution in [2.24, 2.45) is 17.6 Å². The van der Waals surface area contributed by atoms with Crippen LogP contribution in [0.3, 0.4) is 0 Å². The largest absolute Gasteiger partial charge is 0.325 e. The number of nitrogens with one attached hydrogen (secondary N) is 1. The Bertz CT molecular complexity index is 398. The third kappa shape index (κ3) is 5.75. The van der Waals surface area contributed by atoms with E-state index in [1.54, 1.807) is 0 Å². The summed E-state index contributed by atoms with van der Waals surface area (Å²) in [4.78, 5) is 2.60. The van der Waals surface area contributed by atoms with Crippen LogP contribution in [0.5, 0.6) is 0 Å². The molecular weight excluding hydrogens is 330 g/mol. The van der Waals surface area contributed by atoms with Gasteiger partial charge in [-0.3, -0.25) is 9.11 Å². The van der Waals surface area contributed by atoms with Gasteiger partial charge >= 0.3 is 0 Å². The highest BCUT2D eigenvalue weighted by Gasteiger charge is 2.40. The number of piperidine rings is 1. The quantitative estimate of drug-likeness (QED) is 0.785. The van der Waals surface area contributed by atoms with E-state index in [0.717, 1.165) is 43.6 Å². The van der Waals surface area contributed by atoms with Crippen LogP contribution in [0.1, 0.15) is 64.2 Å². The van der Waals surface area contributed by atoms with E-state index in [9.17, 15) is 4.21 Å². The van der Waals surface area contributed by atoms with Crippen molar-refractivity contribution in [2.75, 3.05) is 37.7 Å². The Balaban J connectivity index is 1.67. The Morgan fingerprint density at radius 2 is 1.40 bits per heavy atom. The highest BCUT2D eigenvalue weighted by atomic mass is 32.2.